The fraction of sp³-hybridized carbons (Fsp3) is 0.625. The van der Waals surface area contributed by atoms with Crippen LogP contribution in [0.3, 0.4) is 0 Å². The topological polar surface area (TPSA) is 61.9 Å². The quantitative estimate of drug-likeness (QED) is 0.852. The Hall–Kier alpha value is -1.60. The Morgan fingerprint density at radius 3 is 2.78 bits per heavy atom. The number of likely N-dealkylation sites (tertiary alicyclic amines) is 1. The summed E-state index contributed by atoms with van der Waals surface area (Å²) in [5, 5.41) is 6.90. The average Bonchev–Trinajstić information content (AvgIpc) is 3.10. The normalized spacial score (nSPS) is 21.8. The highest BCUT2D eigenvalue weighted by atomic mass is 32.1. The van der Waals surface area contributed by atoms with Gasteiger partial charge in [-0.3, -0.25) is 4.90 Å². The molecular weight excluding hydrogens is 314 g/mol. The van der Waals surface area contributed by atoms with E-state index in [1.165, 1.54) is 7.11 Å². The summed E-state index contributed by atoms with van der Waals surface area (Å²) in [5.74, 6) is -0.211. The van der Waals surface area contributed by atoms with Crippen molar-refractivity contribution in [2.75, 3.05) is 33.3 Å². The molecular formula is C16H23N3O3S. The minimum atomic E-state index is -0.331. The van der Waals surface area contributed by atoms with Crippen molar-refractivity contribution in [2.45, 2.75) is 31.3 Å². The van der Waals surface area contributed by atoms with Gasteiger partial charge in [0, 0.05) is 32.2 Å². The van der Waals surface area contributed by atoms with Crippen LogP contribution in [0.5, 0.6) is 0 Å². The van der Waals surface area contributed by atoms with Gasteiger partial charge in [0.2, 0.25) is 0 Å². The molecule has 2 fully saturated rings. The summed E-state index contributed by atoms with van der Waals surface area (Å²) in [5.41, 5.74) is 0.996. The van der Waals surface area contributed by atoms with Gasteiger partial charge in [-0.15, -0.1) is 0 Å². The largest absolute Gasteiger partial charge is 0.468 e. The number of ether oxygens (including phenoxy) is 1. The Balaban J connectivity index is 1.64. The van der Waals surface area contributed by atoms with Gasteiger partial charge in [0.15, 0.2) is 0 Å². The van der Waals surface area contributed by atoms with Crippen molar-refractivity contribution < 1.29 is 14.3 Å². The molecule has 1 aromatic rings. The number of thiophene rings is 1. The first-order chi connectivity index (χ1) is 11.2. The number of urea groups is 1. The minimum absolute atomic E-state index is 0.0528. The number of hydrogen-bond donors (Lipinski definition) is 1. The summed E-state index contributed by atoms with van der Waals surface area (Å²) >= 11 is 1.59. The zero-order valence-electron chi connectivity index (χ0n) is 13.4. The predicted molar refractivity (Wildman–Crippen MR) is 88.4 cm³/mol. The van der Waals surface area contributed by atoms with E-state index in [4.69, 9.17) is 4.74 Å². The van der Waals surface area contributed by atoms with Crippen LogP contribution >= 0.6 is 11.3 Å². The molecule has 1 atom stereocenters. The number of methoxy groups -OCH3 is 1. The molecule has 2 aliphatic rings. The molecule has 0 aromatic carbocycles. The predicted octanol–water partition coefficient (Wildman–Crippen LogP) is 1.84. The second-order valence-corrected chi connectivity index (χ2v) is 6.81. The van der Waals surface area contributed by atoms with E-state index >= 15 is 0 Å². The van der Waals surface area contributed by atoms with Gasteiger partial charge in [-0.25, -0.2) is 9.59 Å². The number of hydrogen-bond acceptors (Lipinski definition) is 5. The van der Waals surface area contributed by atoms with Crippen molar-refractivity contribution in [3.63, 3.8) is 0 Å². The molecule has 0 saturated carbocycles. The number of nitrogens with one attached hydrogen (secondary N) is 1. The van der Waals surface area contributed by atoms with Crippen LogP contribution in [0.2, 0.25) is 0 Å². The molecule has 1 aromatic heterocycles. The molecule has 3 rings (SSSR count). The van der Waals surface area contributed by atoms with Crippen molar-refractivity contribution in [2.24, 2.45) is 0 Å². The minimum Gasteiger partial charge on any atom is -0.468 e. The highest BCUT2D eigenvalue weighted by Crippen LogP contribution is 2.29. The van der Waals surface area contributed by atoms with E-state index in [9.17, 15) is 9.59 Å². The van der Waals surface area contributed by atoms with Crippen LogP contribution in [0, 0.1) is 0 Å². The number of nitrogens with zero attached hydrogens (tertiary/aromatic N) is 2. The van der Waals surface area contributed by atoms with Crippen LogP contribution in [0.25, 0.3) is 0 Å². The molecule has 126 valence electrons. The van der Waals surface area contributed by atoms with E-state index in [1.807, 2.05) is 21.7 Å². The van der Waals surface area contributed by atoms with Gasteiger partial charge in [0.1, 0.15) is 6.04 Å². The first-order valence-corrected chi connectivity index (χ1v) is 9.03. The summed E-state index contributed by atoms with van der Waals surface area (Å²) in [4.78, 5) is 28.3. The van der Waals surface area contributed by atoms with Gasteiger partial charge < -0.3 is 15.0 Å². The molecule has 0 aliphatic carbocycles. The summed E-state index contributed by atoms with van der Waals surface area (Å²) in [6.07, 6.45) is 2.79. The van der Waals surface area contributed by atoms with E-state index in [0.717, 1.165) is 51.0 Å². The van der Waals surface area contributed by atoms with Crippen LogP contribution < -0.4 is 5.32 Å². The Morgan fingerprint density at radius 2 is 2.17 bits per heavy atom. The number of amides is 2. The van der Waals surface area contributed by atoms with Crippen LogP contribution in [-0.2, 0) is 9.53 Å². The molecule has 7 heteroatoms. The smallest absolute Gasteiger partial charge is 0.327 e. The van der Waals surface area contributed by atoms with Crippen molar-refractivity contribution in [1.29, 1.82) is 0 Å². The average molecular weight is 337 g/mol. The Morgan fingerprint density at radius 1 is 1.39 bits per heavy atom. The molecule has 0 radical (unpaired) electrons. The molecule has 6 nitrogen and oxygen atoms in total. The number of esters is 1. The van der Waals surface area contributed by atoms with Gasteiger partial charge in [-0.05, 0) is 41.7 Å². The number of rotatable bonds is 4. The summed E-state index contributed by atoms with van der Waals surface area (Å²) in [6.45, 7) is 3.20. The van der Waals surface area contributed by atoms with Gasteiger partial charge in [-0.2, -0.15) is 11.3 Å². The second kappa shape index (κ2) is 7.31. The fourth-order valence-corrected chi connectivity index (χ4v) is 4.17. The molecule has 0 bridgehead atoms. The van der Waals surface area contributed by atoms with E-state index in [1.54, 1.807) is 11.3 Å². The highest BCUT2D eigenvalue weighted by Gasteiger charge is 2.35. The van der Waals surface area contributed by atoms with E-state index in [0.29, 0.717) is 0 Å². The van der Waals surface area contributed by atoms with E-state index in [-0.39, 0.29) is 24.1 Å². The van der Waals surface area contributed by atoms with Crippen LogP contribution in [0.4, 0.5) is 4.79 Å². The summed E-state index contributed by atoms with van der Waals surface area (Å²) in [6, 6.07) is 1.97. The molecule has 2 aliphatic heterocycles. The third kappa shape index (κ3) is 3.50. The standard InChI is InChI=1S/C16H23N3O3S/c1-22-15(20)14(12-5-10-23-11-12)18-8-3-13(4-9-18)19-7-2-6-17-16(19)21/h5,10-11,13-14H,2-4,6-9H2,1H3,(H,17,21)/t14-/m1/s1. The lowest BCUT2D eigenvalue weighted by Gasteiger charge is -2.41. The lowest BCUT2D eigenvalue weighted by atomic mass is 9.99. The maximum absolute atomic E-state index is 12.2. The Bertz CT molecular complexity index is 541. The van der Waals surface area contributed by atoms with Crippen LogP contribution in [0.15, 0.2) is 16.8 Å². The van der Waals surface area contributed by atoms with Gasteiger partial charge >= 0.3 is 12.0 Å². The molecule has 2 amide bonds. The van der Waals surface area contributed by atoms with Crippen LogP contribution in [-0.4, -0.2) is 61.1 Å². The Kier molecular flexibility index (Phi) is 5.17. The second-order valence-electron chi connectivity index (χ2n) is 6.03. The zero-order chi connectivity index (χ0) is 16.2. The first-order valence-electron chi connectivity index (χ1n) is 8.09. The molecule has 2 saturated heterocycles. The number of carbonyl (C=O) groups excluding carboxylic acids is 2. The van der Waals surface area contributed by atoms with Gasteiger partial charge in [-0.1, -0.05) is 0 Å². The fourth-order valence-electron chi connectivity index (χ4n) is 3.49. The third-order valence-corrected chi connectivity index (χ3v) is 5.40. The SMILES string of the molecule is COC(=O)[C@@H](c1ccsc1)N1CCC(N2CCCNC2=O)CC1. The maximum Gasteiger partial charge on any atom is 0.327 e. The lowest BCUT2D eigenvalue weighted by Crippen LogP contribution is -2.54. The number of piperidine rings is 1. The van der Waals surface area contributed by atoms with Crippen molar-refractivity contribution in [3.05, 3.63) is 22.4 Å². The summed E-state index contributed by atoms with van der Waals surface area (Å²) < 4.78 is 5.00. The molecule has 0 spiro atoms. The molecule has 1 N–H and O–H groups in total. The Labute approximate surface area is 140 Å². The van der Waals surface area contributed by atoms with Crippen molar-refractivity contribution >= 4 is 23.3 Å². The summed E-state index contributed by atoms with van der Waals surface area (Å²) in [7, 11) is 1.44. The first kappa shape index (κ1) is 16.3. The molecule has 0 unspecified atom stereocenters. The van der Waals surface area contributed by atoms with Gasteiger partial charge in [0.25, 0.3) is 0 Å². The monoisotopic (exact) mass is 337 g/mol. The van der Waals surface area contributed by atoms with E-state index < -0.39 is 0 Å². The molecule has 23 heavy (non-hydrogen) atoms. The van der Waals surface area contributed by atoms with Gasteiger partial charge in [0.05, 0.1) is 7.11 Å². The van der Waals surface area contributed by atoms with Crippen molar-refractivity contribution in [3.8, 4) is 0 Å². The van der Waals surface area contributed by atoms with Crippen LogP contribution in [0.1, 0.15) is 30.9 Å². The molecule has 3 heterocycles. The van der Waals surface area contributed by atoms with Crippen molar-refractivity contribution in [1.82, 2.24) is 15.1 Å². The lowest BCUT2D eigenvalue weighted by molar-refractivity contribution is -0.148. The maximum atomic E-state index is 12.2. The zero-order valence-corrected chi connectivity index (χ0v) is 14.2. The third-order valence-electron chi connectivity index (χ3n) is 4.70. The highest BCUT2D eigenvalue weighted by molar-refractivity contribution is 7.08. The number of carbonyl (C=O) groups is 2. The van der Waals surface area contributed by atoms with E-state index in [2.05, 4.69) is 10.2 Å².